The monoisotopic (exact) mass is 465 g/mol. The molecule has 2 aromatic carbocycles. The molecule has 0 bridgehead atoms. The number of carbonyl (C=O) groups excluding carboxylic acids is 2. The number of rotatable bonds is 7. The highest BCUT2D eigenvalue weighted by Crippen LogP contribution is 2.29. The van der Waals surface area contributed by atoms with Gasteiger partial charge in [-0.25, -0.2) is 4.79 Å². The maximum atomic E-state index is 13.0. The molecule has 1 heterocycles. The highest BCUT2D eigenvalue weighted by molar-refractivity contribution is 5.94. The number of urea groups is 1. The molecule has 0 aliphatic carbocycles. The van der Waals surface area contributed by atoms with Gasteiger partial charge in [-0.05, 0) is 36.4 Å². The van der Waals surface area contributed by atoms with Gasteiger partial charge in [0.1, 0.15) is 0 Å². The summed E-state index contributed by atoms with van der Waals surface area (Å²) in [6.07, 6.45) is -4.92. The zero-order valence-electron chi connectivity index (χ0n) is 18.2. The third-order valence-electron chi connectivity index (χ3n) is 5.19. The second kappa shape index (κ2) is 11.2. The van der Waals surface area contributed by atoms with Gasteiger partial charge in [-0.3, -0.25) is 4.79 Å². The van der Waals surface area contributed by atoms with Gasteiger partial charge in [-0.1, -0.05) is 18.2 Å². The van der Waals surface area contributed by atoms with Crippen LogP contribution in [0.3, 0.4) is 0 Å². The summed E-state index contributed by atoms with van der Waals surface area (Å²) in [4.78, 5) is 28.7. The number of ether oxygens (including phenoxy) is 2. The molecule has 0 spiro atoms. The summed E-state index contributed by atoms with van der Waals surface area (Å²) in [6.45, 7) is 1.62. The smallest absolute Gasteiger partial charge is 0.383 e. The number of hydrogen-bond donors (Lipinski definition) is 1. The van der Waals surface area contributed by atoms with Crippen molar-refractivity contribution >= 4 is 17.6 Å². The Bertz CT molecular complexity index is 923. The van der Waals surface area contributed by atoms with Crippen molar-refractivity contribution in [1.29, 1.82) is 0 Å². The van der Waals surface area contributed by atoms with E-state index in [1.807, 2.05) is 18.2 Å². The highest BCUT2D eigenvalue weighted by atomic mass is 19.4. The molecule has 1 saturated heterocycles. The lowest BCUT2D eigenvalue weighted by Crippen LogP contribution is -2.52. The first-order valence-electron chi connectivity index (χ1n) is 10.5. The number of halogens is 3. The summed E-state index contributed by atoms with van der Waals surface area (Å²) in [5.74, 6) is -0.435. The Morgan fingerprint density at radius 2 is 1.85 bits per heavy atom. The first-order valence-corrected chi connectivity index (χ1v) is 10.5. The molecule has 7 nitrogen and oxygen atoms in total. The number of amides is 3. The number of morpholine rings is 1. The summed E-state index contributed by atoms with van der Waals surface area (Å²) in [7, 11) is 1.49. The maximum Gasteiger partial charge on any atom is 0.416 e. The number of carbonyl (C=O) groups is 2. The van der Waals surface area contributed by atoms with E-state index in [4.69, 9.17) is 9.47 Å². The van der Waals surface area contributed by atoms with Crippen LogP contribution in [0.4, 0.5) is 23.7 Å². The normalized spacial score (nSPS) is 16.4. The topological polar surface area (TPSA) is 71.1 Å². The summed E-state index contributed by atoms with van der Waals surface area (Å²) in [5, 5.41) is 2.82. The number of hydrogen-bond acceptors (Lipinski definition) is 4. The quantitative estimate of drug-likeness (QED) is 0.677. The Labute approximate surface area is 190 Å². The lowest BCUT2D eigenvalue weighted by Gasteiger charge is -2.35. The fraction of sp³-hybridized carbons (Fsp3) is 0.391. The van der Waals surface area contributed by atoms with Gasteiger partial charge in [0.25, 0.3) is 5.91 Å². The van der Waals surface area contributed by atoms with E-state index in [1.54, 1.807) is 17.0 Å². The number of anilines is 1. The molecule has 1 N–H and O–H groups in total. The molecule has 1 unspecified atom stereocenters. The standard InChI is InChI=1S/C23H26F3N3O4/c1-32-13-11-28(21(30)17-7-9-18(10-8-17)23(24,25)26)15-20-16-29(12-14-33-20)22(31)27-19-5-3-2-4-6-19/h2-10,20H,11-16H2,1H3,(H,27,31). The van der Waals surface area contributed by atoms with E-state index < -0.39 is 23.8 Å². The largest absolute Gasteiger partial charge is 0.416 e. The van der Waals surface area contributed by atoms with Gasteiger partial charge in [0.2, 0.25) is 0 Å². The fourth-order valence-electron chi connectivity index (χ4n) is 3.45. The van der Waals surface area contributed by atoms with E-state index in [9.17, 15) is 22.8 Å². The third kappa shape index (κ3) is 6.93. The molecule has 2 aromatic rings. The maximum absolute atomic E-state index is 13.0. The third-order valence-corrected chi connectivity index (χ3v) is 5.19. The van der Waals surface area contributed by atoms with E-state index in [0.29, 0.717) is 18.8 Å². The zero-order chi connectivity index (χ0) is 23.8. The molecule has 0 saturated carbocycles. The van der Waals surface area contributed by atoms with Gasteiger partial charge in [-0.15, -0.1) is 0 Å². The molecule has 10 heteroatoms. The Balaban J connectivity index is 1.65. The molecule has 1 fully saturated rings. The van der Waals surface area contributed by atoms with Gasteiger partial charge < -0.3 is 24.6 Å². The van der Waals surface area contributed by atoms with Crippen LogP contribution in [0.5, 0.6) is 0 Å². The van der Waals surface area contributed by atoms with Crippen LogP contribution in [0.1, 0.15) is 15.9 Å². The van der Waals surface area contributed by atoms with Crippen molar-refractivity contribution in [1.82, 2.24) is 9.80 Å². The minimum atomic E-state index is -4.48. The van der Waals surface area contributed by atoms with Crippen LogP contribution in [0.2, 0.25) is 0 Å². The molecule has 1 aliphatic heterocycles. The van der Waals surface area contributed by atoms with Gasteiger partial charge >= 0.3 is 12.2 Å². The lowest BCUT2D eigenvalue weighted by molar-refractivity contribution is -0.137. The van der Waals surface area contributed by atoms with Crippen LogP contribution < -0.4 is 5.32 Å². The molecular weight excluding hydrogens is 439 g/mol. The second-order valence-electron chi connectivity index (χ2n) is 7.55. The van der Waals surface area contributed by atoms with Crippen LogP contribution in [0.15, 0.2) is 54.6 Å². The predicted octanol–water partition coefficient (Wildman–Crippen LogP) is 3.73. The summed E-state index contributed by atoms with van der Waals surface area (Å²) >= 11 is 0. The van der Waals surface area contributed by atoms with E-state index in [1.165, 1.54) is 12.0 Å². The molecule has 178 valence electrons. The molecule has 0 aromatic heterocycles. The second-order valence-corrected chi connectivity index (χ2v) is 7.55. The van der Waals surface area contributed by atoms with Crippen molar-refractivity contribution in [2.45, 2.75) is 12.3 Å². The molecule has 1 aliphatic rings. The van der Waals surface area contributed by atoms with Crippen molar-refractivity contribution in [3.8, 4) is 0 Å². The average molecular weight is 465 g/mol. The van der Waals surface area contributed by atoms with Gasteiger partial charge in [0.05, 0.1) is 31.4 Å². The number of alkyl halides is 3. The summed E-state index contributed by atoms with van der Waals surface area (Å²) in [5.41, 5.74) is -0.0171. The number of methoxy groups -OCH3 is 1. The van der Waals surface area contributed by atoms with Crippen molar-refractivity contribution in [2.24, 2.45) is 0 Å². The van der Waals surface area contributed by atoms with Crippen molar-refractivity contribution in [2.75, 3.05) is 51.8 Å². The Morgan fingerprint density at radius 3 is 2.48 bits per heavy atom. The lowest BCUT2D eigenvalue weighted by atomic mass is 10.1. The van der Waals surface area contributed by atoms with Gasteiger partial charge in [0.15, 0.2) is 0 Å². The average Bonchev–Trinajstić information content (AvgIpc) is 2.81. The molecule has 3 rings (SSSR count). The molecule has 0 radical (unpaired) electrons. The van der Waals surface area contributed by atoms with Crippen LogP contribution in [0, 0.1) is 0 Å². The molecule has 33 heavy (non-hydrogen) atoms. The first kappa shape index (κ1) is 24.5. The van der Waals surface area contributed by atoms with Crippen LogP contribution in [-0.2, 0) is 15.7 Å². The van der Waals surface area contributed by atoms with Crippen LogP contribution >= 0.6 is 0 Å². The highest BCUT2D eigenvalue weighted by Gasteiger charge is 2.31. The van der Waals surface area contributed by atoms with Gasteiger partial charge in [0, 0.05) is 38.0 Å². The van der Waals surface area contributed by atoms with Gasteiger partial charge in [-0.2, -0.15) is 13.2 Å². The SMILES string of the molecule is COCCN(CC1CN(C(=O)Nc2ccccc2)CCO1)C(=O)c1ccc(C(F)(F)F)cc1. The van der Waals surface area contributed by atoms with E-state index >= 15 is 0 Å². The zero-order valence-corrected chi connectivity index (χ0v) is 18.2. The number of benzene rings is 2. The molecule has 3 amide bonds. The fourth-order valence-corrected chi connectivity index (χ4v) is 3.45. The number of nitrogens with one attached hydrogen (secondary N) is 1. The van der Waals surface area contributed by atoms with Crippen molar-refractivity contribution < 1.29 is 32.2 Å². The predicted molar refractivity (Wildman–Crippen MR) is 116 cm³/mol. The Hall–Kier alpha value is -3.11. The summed E-state index contributed by atoms with van der Waals surface area (Å²) in [6, 6.07) is 12.9. The molecule has 1 atom stereocenters. The Kier molecular flexibility index (Phi) is 8.29. The minimum absolute atomic E-state index is 0.133. The van der Waals surface area contributed by atoms with Crippen molar-refractivity contribution in [3.05, 3.63) is 65.7 Å². The molecular formula is C23H26F3N3O4. The van der Waals surface area contributed by atoms with E-state index in [-0.39, 0.29) is 37.8 Å². The van der Waals surface area contributed by atoms with E-state index in [2.05, 4.69) is 5.32 Å². The minimum Gasteiger partial charge on any atom is -0.383 e. The van der Waals surface area contributed by atoms with E-state index in [0.717, 1.165) is 24.3 Å². The summed E-state index contributed by atoms with van der Waals surface area (Å²) < 4.78 is 49.3. The van der Waals surface area contributed by atoms with Crippen LogP contribution in [-0.4, -0.2) is 74.3 Å². The number of nitrogens with zero attached hydrogens (tertiary/aromatic N) is 2. The van der Waals surface area contributed by atoms with Crippen LogP contribution in [0.25, 0.3) is 0 Å². The number of para-hydroxylation sites is 1. The Morgan fingerprint density at radius 1 is 1.15 bits per heavy atom. The first-order chi connectivity index (χ1) is 15.8. The van der Waals surface area contributed by atoms with Crippen molar-refractivity contribution in [3.63, 3.8) is 0 Å².